The van der Waals surface area contributed by atoms with E-state index in [0.717, 1.165) is 11.3 Å². The fourth-order valence-corrected chi connectivity index (χ4v) is 4.24. The third-order valence-electron chi connectivity index (χ3n) is 6.10. The van der Waals surface area contributed by atoms with E-state index < -0.39 is 0 Å². The maximum atomic E-state index is 13.6. The van der Waals surface area contributed by atoms with Crippen LogP contribution >= 0.6 is 23.2 Å². The number of benzene rings is 3. The van der Waals surface area contributed by atoms with Crippen LogP contribution in [0.15, 0.2) is 66.7 Å². The molecule has 3 rings (SSSR count). The molecule has 0 fully saturated rings. The molecule has 7 heteroatoms. The molecule has 2 amide bonds. The fraction of sp³-hybridized carbons (Fsp3) is 0.286. The average molecular weight is 512 g/mol. The van der Waals surface area contributed by atoms with E-state index in [2.05, 4.69) is 19.2 Å². The summed E-state index contributed by atoms with van der Waals surface area (Å²) in [5.41, 5.74) is 3.35. The van der Waals surface area contributed by atoms with Gasteiger partial charge in [0, 0.05) is 38.1 Å². The second kappa shape index (κ2) is 11.6. The number of nitrogens with zero attached hydrogens (tertiary/aromatic N) is 2. The Bertz CT molecular complexity index is 1210. The van der Waals surface area contributed by atoms with Gasteiger partial charge in [-0.1, -0.05) is 61.3 Å². The highest BCUT2D eigenvalue weighted by Crippen LogP contribution is 2.29. The molecule has 3 aromatic carbocycles. The molecule has 1 N–H and O–H groups in total. The van der Waals surface area contributed by atoms with Gasteiger partial charge in [0.05, 0.1) is 21.2 Å². The van der Waals surface area contributed by atoms with Crippen LogP contribution in [-0.4, -0.2) is 36.9 Å². The smallest absolute Gasteiger partial charge is 0.257 e. The molecular formula is C28H31Cl2N3O2. The molecule has 184 valence electrons. The van der Waals surface area contributed by atoms with Gasteiger partial charge in [0.1, 0.15) is 0 Å². The molecule has 5 nitrogen and oxygen atoms in total. The molecule has 0 bridgehead atoms. The summed E-state index contributed by atoms with van der Waals surface area (Å²) in [6.07, 6.45) is 0. The molecule has 0 unspecified atom stereocenters. The molecule has 0 aliphatic heterocycles. The van der Waals surface area contributed by atoms with E-state index >= 15 is 0 Å². The lowest BCUT2D eigenvalue weighted by Crippen LogP contribution is -2.41. The van der Waals surface area contributed by atoms with Gasteiger partial charge in [0.25, 0.3) is 11.8 Å². The monoisotopic (exact) mass is 511 g/mol. The Hall–Kier alpha value is -3.02. The minimum absolute atomic E-state index is 0.0462. The lowest BCUT2D eigenvalue weighted by Gasteiger charge is -2.33. The number of hydrogen-bond acceptors (Lipinski definition) is 3. The van der Waals surface area contributed by atoms with Crippen LogP contribution in [-0.2, 0) is 6.54 Å². The number of nitrogens with one attached hydrogen (secondary N) is 1. The molecular weight excluding hydrogens is 481 g/mol. The van der Waals surface area contributed by atoms with Crippen molar-refractivity contribution in [2.45, 2.75) is 33.4 Å². The number of carbonyl (C=O) groups excluding carboxylic acids is 2. The van der Waals surface area contributed by atoms with Crippen LogP contribution < -0.4 is 10.2 Å². The van der Waals surface area contributed by atoms with Crippen molar-refractivity contribution in [3.05, 3.63) is 93.5 Å². The summed E-state index contributed by atoms with van der Waals surface area (Å²) < 4.78 is 0. The average Bonchev–Trinajstić information content (AvgIpc) is 2.82. The summed E-state index contributed by atoms with van der Waals surface area (Å²) in [6, 6.07) is 19.7. The second-order valence-electron chi connectivity index (χ2n) is 9.07. The fourth-order valence-electron chi connectivity index (χ4n) is 3.80. The standard InChI is InChI=1S/C28H31Cl2N3O2/c1-18(2)19(3)33(28(35)23-11-7-9-13-25(23)30)17-20-16-21(14-15-26(20)32(4)5)31-27(34)22-10-6-8-12-24(22)29/h6-16,18-19H,17H2,1-5H3,(H,31,34)/t19-/m1/s1. The van der Waals surface area contributed by atoms with Crippen LogP contribution in [0.3, 0.4) is 0 Å². The maximum absolute atomic E-state index is 13.6. The molecule has 1 atom stereocenters. The normalized spacial score (nSPS) is 11.8. The molecule has 0 spiro atoms. The van der Waals surface area contributed by atoms with Gasteiger partial charge >= 0.3 is 0 Å². The van der Waals surface area contributed by atoms with E-state index in [4.69, 9.17) is 23.2 Å². The number of hydrogen-bond donors (Lipinski definition) is 1. The Labute approximate surface area is 217 Å². The minimum atomic E-state index is -0.293. The highest BCUT2D eigenvalue weighted by molar-refractivity contribution is 6.34. The van der Waals surface area contributed by atoms with Crippen molar-refractivity contribution in [3.63, 3.8) is 0 Å². The third kappa shape index (κ3) is 6.36. The first-order chi connectivity index (χ1) is 16.6. The number of amides is 2. The molecule has 0 saturated carbocycles. The van der Waals surface area contributed by atoms with Crippen LogP contribution in [0.5, 0.6) is 0 Å². The van der Waals surface area contributed by atoms with Crippen molar-refractivity contribution in [2.24, 2.45) is 5.92 Å². The maximum Gasteiger partial charge on any atom is 0.257 e. The number of rotatable bonds is 8. The summed E-state index contributed by atoms with van der Waals surface area (Å²) in [5.74, 6) is -0.196. The van der Waals surface area contributed by atoms with Gasteiger partial charge in [-0.05, 0) is 60.9 Å². The Morgan fingerprint density at radius 2 is 1.43 bits per heavy atom. The highest BCUT2D eigenvalue weighted by Gasteiger charge is 2.26. The van der Waals surface area contributed by atoms with E-state index in [1.165, 1.54) is 0 Å². The van der Waals surface area contributed by atoms with E-state index in [-0.39, 0.29) is 23.8 Å². The molecule has 0 heterocycles. The van der Waals surface area contributed by atoms with Gasteiger partial charge in [-0.2, -0.15) is 0 Å². The topological polar surface area (TPSA) is 52.7 Å². The number of anilines is 2. The Morgan fingerprint density at radius 3 is 1.97 bits per heavy atom. The molecule has 3 aromatic rings. The Morgan fingerprint density at radius 1 is 0.857 bits per heavy atom. The van der Waals surface area contributed by atoms with E-state index in [0.29, 0.717) is 33.4 Å². The van der Waals surface area contributed by atoms with Crippen molar-refractivity contribution in [1.82, 2.24) is 4.90 Å². The number of carbonyl (C=O) groups is 2. The lowest BCUT2D eigenvalue weighted by molar-refractivity contribution is 0.0628. The lowest BCUT2D eigenvalue weighted by atomic mass is 10.0. The van der Waals surface area contributed by atoms with Gasteiger partial charge < -0.3 is 15.1 Å². The minimum Gasteiger partial charge on any atom is -0.377 e. The van der Waals surface area contributed by atoms with E-state index in [1.807, 2.05) is 61.2 Å². The van der Waals surface area contributed by atoms with Gasteiger partial charge in [0.15, 0.2) is 0 Å². The predicted octanol–water partition coefficient (Wildman–Crippen LogP) is 7.00. The summed E-state index contributed by atoms with van der Waals surface area (Å²) >= 11 is 12.6. The molecule has 35 heavy (non-hydrogen) atoms. The summed E-state index contributed by atoms with van der Waals surface area (Å²) in [5, 5.41) is 3.74. The van der Waals surface area contributed by atoms with Crippen LogP contribution in [0.25, 0.3) is 0 Å². The van der Waals surface area contributed by atoms with Crippen LogP contribution in [0.4, 0.5) is 11.4 Å². The van der Waals surface area contributed by atoms with Crippen molar-refractivity contribution in [1.29, 1.82) is 0 Å². The van der Waals surface area contributed by atoms with Crippen LogP contribution in [0, 0.1) is 5.92 Å². The van der Waals surface area contributed by atoms with Gasteiger partial charge in [-0.3, -0.25) is 9.59 Å². The Kier molecular flexibility index (Phi) is 8.82. The van der Waals surface area contributed by atoms with Gasteiger partial charge in [-0.25, -0.2) is 0 Å². The van der Waals surface area contributed by atoms with Crippen molar-refractivity contribution >= 4 is 46.4 Å². The quantitative estimate of drug-likeness (QED) is 0.354. The molecule has 0 saturated heterocycles. The first-order valence-corrected chi connectivity index (χ1v) is 12.3. The second-order valence-corrected chi connectivity index (χ2v) is 9.88. The first kappa shape index (κ1) is 26.6. The molecule has 0 aliphatic rings. The van der Waals surface area contributed by atoms with E-state index in [1.54, 1.807) is 36.4 Å². The zero-order valence-electron chi connectivity index (χ0n) is 20.7. The summed E-state index contributed by atoms with van der Waals surface area (Å²) in [4.78, 5) is 30.3. The third-order valence-corrected chi connectivity index (χ3v) is 6.76. The van der Waals surface area contributed by atoms with E-state index in [9.17, 15) is 9.59 Å². The molecule has 0 aromatic heterocycles. The van der Waals surface area contributed by atoms with Crippen molar-refractivity contribution < 1.29 is 9.59 Å². The Balaban J connectivity index is 1.98. The first-order valence-electron chi connectivity index (χ1n) is 11.5. The summed E-state index contributed by atoms with van der Waals surface area (Å²) in [6.45, 7) is 6.57. The number of halogens is 2. The largest absolute Gasteiger partial charge is 0.377 e. The van der Waals surface area contributed by atoms with Crippen molar-refractivity contribution in [2.75, 3.05) is 24.3 Å². The SMILES string of the molecule is CC(C)[C@@H](C)N(Cc1cc(NC(=O)c2ccccc2Cl)ccc1N(C)C)C(=O)c1ccccc1Cl. The predicted molar refractivity (Wildman–Crippen MR) is 146 cm³/mol. The molecule has 0 radical (unpaired) electrons. The molecule has 0 aliphatic carbocycles. The summed E-state index contributed by atoms with van der Waals surface area (Å²) in [7, 11) is 3.90. The zero-order valence-corrected chi connectivity index (χ0v) is 22.2. The zero-order chi connectivity index (χ0) is 25.7. The van der Waals surface area contributed by atoms with Gasteiger partial charge in [0.2, 0.25) is 0 Å². The van der Waals surface area contributed by atoms with Gasteiger partial charge in [-0.15, -0.1) is 0 Å². The highest BCUT2D eigenvalue weighted by atomic mass is 35.5. The van der Waals surface area contributed by atoms with Crippen molar-refractivity contribution in [3.8, 4) is 0 Å². The van der Waals surface area contributed by atoms with Crippen LogP contribution in [0.2, 0.25) is 10.0 Å². The van der Waals surface area contributed by atoms with Crippen LogP contribution in [0.1, 0.15) is 47.1 Å².